The number of benzene rings is 1. The number of nitrogens with zero attached hydrogens (tertiary/aromatic N) is 1. The number of carbonyl (C=O) groups excluding carboxylic acids is 3. The van der Waals surface area contributed by atoms with Crippen LogP contribution >= 0.6 is 0 Å². The first-order valence-corrected chi connectivity index (χ1v) is 6.96. The van der Waals surface area contributed by atoms with Gasteiger partial charge in [0.1, 0.15) is 5.75 Å². The van der Waals surface area contributed by atoms with Gasteiger partial charge in [-0.15, -0.1) is 0 Å². The SMILES string of the molecule is Cc1ccccc1OCC(=O)O[C@@H](C)C(=O)N1CCNC1=O. The molecule has 7 nitrogen and oxygen atoms in total. The first kappa shape index (κ1) is 15.8. The third-order valence-electron chi connectivity index (χ3n) is 3.22. The summed E-state index contributed by atoms with van der Waals surface area (Å²) in [5.41, 5.74) is 0.896. The number of amides is 3. The fraction of sp³-hybridized carbons (Fsp3) is 0.400. The van der Waals surface area contributed by atoms with Gasteiger partial charge in [0.25, 0.3) is 5.91 Å². The Bertz CT molecular complexity index is 587. The monoisotopic (exact) mass is 306 g/mol. The zero-order chi connectivity index (χ0) is 16.1. The van der Waals surface area contributed by atoms with E-state index in [1.54, 1.807) is 12.1 Å². The number of carbonyl (C=O) groups is 3. The molecule has 2 rings (SSSR count). The summed E-state index contributed by atoms with van der Waals surface area (Å²) in [5, 5.41) is 2.51. The van der Waals surface area contributed by atoms with Crippen molar-refractivity contribution in [3.8, 4) is 5.75 Å². The van der Waals surface area contributed by atoms with Crippen molar-refractivity contribution in [1.82, 2.24) is 10.2 Å². The topological polar surface area (TPSA) is 84.9 Å². The molecule has 1 fully saturated rings. The standard InChI is InChI=1S/C15H18N2O5/c1-10-5-3-4-6-12(10)21-9-13(18)22-11(2)14(19)17-8-7-16-15(17)20/h3-6,11H,7-9H2,1-2H3,(H,16,20)/t11-/m0/s1. The average molecular weight is 306 g/mol. The number of rotatable bonds is 5. The normalized spacial score (nSPS) is 15.2. The van der Waals surface area contributed by atoms with Gasteiger partial charge < -0.3 is 14.8 Å². The van der Waals surface area contributed by atoms with Gasteiger partial charge in [-0.05, 0) is 25.5 Å². The first-order chi connectivity index (χ1) is 10.5. The molecule has 1 aliphatic heterocycles. The summed E-state index contributed by atoms with van der Waals surface area (Å²) in [4.78, 5) is 36.1. The molecule has 1 atom stereocenters. The molecule has 0 radical (unpaired) electrons. The molecule has 1 aromatic carbocycles. The van der Waals surface area contributed by atoms with E-state index in [4.69, 9.17) is 9.47 Å². The van der Waals surface area contributed by atoms with Crippen LogP contribution in [-0.4, -0.2) is 48.6 Å². The number of urea groups is 1. The minimum absolute atomic E-state index is 0.277. The largest absolute Gasteiger partial charge is 0.482 e. The van der Waals surface area contributed by atoms with Gasteiger partial charge in [0.2, 0.25) is 0 Å². The Morgan fingerprint density at radius 3 is 2.73 bits per heavy atom. The second-order valence-electron chi connectivity index (χ2n) is 4.91. The van der Waals surface area contributed by atoms with Crippen LogP contribution in [-0.2, 0) is 14.3 Å². The molecule has 0 bridgehead atoms. The third-order valence-corrected chi connectivity index (χ3v) is 3.22. The summed E-state index contributed by atoms with van der Waals surface area (Å²) < 4.78 is 10.3. The van der Waals surface area contributed by atoms with Gasteiger partial charge in [0.15, 0.2) is 12.7 Å². The minimum Gasteiger partial charge on any atom is -0.482 e. The molecule has 0 aliphatic carbocycles. The smallest absolute Gasteiger partial charge is 0.344 e. The van der Waals surface area contributed by atoms with Crippen molar-refractivity contribution in [3.05, 3.63) is 29.8 Å². The summed E-state index contributed by atoms with van der Waals surface area (Å²) in [6.45, 7) is 3.67. The second kappa shape index (κ2) is 6.93. The Hall–Kier alpha value is -2.57. The van der Waals surface area contributed by atoms with E-state index < -0.39 is 24.0 Å². The molecule has 1 aromatic rings. The molecule has 1 aliphatic rings. The van der Waals surface area contributed by atoms with Gasteiger partial charge in [-0.3, -0.25) is 9.69 Å². The lowest BCUT2D eigenvalue weighted by molar-refractivity contribution is -0.159. The minimum atomic E-state index is -1.03. The van der Waals surface area contributed by atoms with Crippen molar-refractivity contribution >= 4 is 17.9 Å². The van der Waals surface area contributed by atoms with Crippen LogP contribution in [0.1, 0.15) is 12.5 Å². The van der Waals surface area contributed by atoms with Crippen molar-refractivity contribution in [2.24, 2.45) is 0 Å². The highest BCUT2D eigenvalue weighted by atomic mass is 16.6. The van der Waals surface area contributed by atoms with Gasteiger partial charge in [0, 0.05) is 13.1 Å². The zero-order valence-corrected chi connectivity index (χ0v) is 12.5. The Morgan fingerprint density at radius 1 is 1.36 bits per heavy atom. The molecule has 1 N–H and O–H groups in total. The van der Waals surface area contributed by atoms with Gasteiger partial charge in [-0.25, -0.2) is 9.59 Å². The molecule has 1 saturated heterocycles. The highest BCUT2D eigenvalue weighted by Crippen LogP contribution is 2.16. The lowest BCUT2D eigenvalue weighted by atomic mass is 10.2. The maximum absolute atomic E-state index is 12.0. The number of aryl methyl sites for hydroxylation is 1. The van der Waals surface area contributed by atoms with Crippen LogP contribution in [0, 0.1) is 6.92 Å². The molecule has 0 saturated carbocycles. The Morgan fingerprint density at radius 2 is 2.09 bits per heavy atom. The van der Waals surface area contributed by atoms with E-state index in [9.17, 15) is 14.4 Å². The third kappa shape index (κ3) is 3.75. The highest BCUT2D eigenvalue weighted by Gasteiger charge is 2.31. The molecular weight excluding hydrogens is 288 g/mol. The predicted octanol–water partition coefficient (Wildman–Crippen LogP) is 0.857. The maximum atomic E-state index is 12.0. The first-order valence-electron chi connectivity index (χ1n) is 6.96. The predicted molar refractivity (Wildman–Crippen MR) is 77.3 cm³/mol. The van der Waals surface area contributed by atoms with Crippen LogP contribution in [0.25, 0.3) is 0 Å². The molecule has 0 spiro atoms. The Kier molecular flexibility index (Phi) is 4.98. The van der Waals surface area contributed by atoms with E-state index in [1.807, 2.05) is 19.1 Å². The van der Waals surface area contributed by atoms with Crippen molar-refractivity contribution < 1.29 is 23.9 Å². The van der Waals surface area contributed by atoms with Crippen molar-refractivity contribution in [1.29, 1.82) is 0 Å². The lowest BCUT2D eigenvalue weighted by Crippen LogP contribution is -2.42. The molecule has 7 heteroatoms. The van der Waals surface area contributed by atoms with Crippen molar-refractivity contribution in [2.45, 2.75) is 20.0 Å². The van der Waals surface area contributed by atoms with E-state index in [-0.39, 0.29) is 13.2 Å². The van der Waals surface area contributed by atoms with Gasteiger partial charge in [-0.2, -0.15) is 0 Å². The van der Waals surface area contributed by atoms with Crippen molar-refractivity contribution in [3.63, 3.8) is 0 Å². The Labute approximate surface area is 128 Å². The van der Waals surface area contributed by atoms with E-state index in [0.717, 1.165) is 10.5 Å². The summed E-state index contributed by atoms with van der Waals surface area (Å²) in [7, 11) is 0. The van der Waals surface area contributed by atoms with E-state index in [0.29, 0.717) is 12.3 Å². The van der Waals surface area contributed by atoms with Crippen LogP contribution in [0.2, 0.25) is 0 Å². The number of imide groups is 1. The lowest BCUT2D eigenvalue weighted by Gasteiger charge is -2.18. The van der Waals surface area contributed by atoms with Gasteiger partial charge in [-0.1, -0.05) is 18.2 Å². The van der Waals surface area contributed by atoms with Crippen LogP contribution < -0.4 is 10.1 Å². The number of nitrogens with one attached hydrogen (secondary N) is 1. The summed E-state index contributed by atoms with van der Waals surface area (Å²) in [6, 6.07) is 6.79. The van der Waals surface area contributed by atoms with Crippen LogP contribution in [0.5, 0.6) is 5.75 Å². The van der Waals surface area contributed by atoms with E-state index in [2.05, 4.69) is 5.32 Å². The van der Waals surface area contributed by atoms with Crippen LogP contribution in [0.3, 0.4) is 0 Å². The fourth-order valence-electron chi connectivity index (χ4n) is 2.04. The quantitative estimate of drug-likeness (QED) is 0.816. The number of hydrogen-bond donors (Lipinski definition) is 1. The van der Waals surface area contributed by atoms with Gasteiger partial charge in [0.05, 0.1) is 0 Å². The molecule has 0 unspecified atom stereocenters. The van der Waals surface area contributed by atoms with Crippen molar-refractivity contribution in [2.75, 3.05) is 19.7 Å². The fourth-order valence-corrected chi connectivity index (χ4v) is 2.04. The molecule has 3 amide bonds. The summed E-state index contributed by atoms with van der Waals surface area (Å²) >= 11 is 0. The number of ether oxygens (including phenoxy) is 2. The number of para-hydroxylation sites is 1. The second-order valence-corrected chi connectivity index (χ2v) is 4.91. The van der Waals surface area contributed by atoms with E-state index >= 15 is 0 Å². The number of esters is 1. The molecule has 22 heavy (non-hydrogen) atoms. The summed E-state index contributed by atoms with van der Waals surface area (Å²) in [5.74, 6) is -0.625. The molecule has 1 heterocycles. The zero-order valence-electron chi connectivity index (χ0n) is 12.5. The Balaban J connectivity index is 1.82. The average Bonchev–Trinajstić information content (AvgIpc) is 2.91. The van der Waals surface area contributed by atoms with Crippen LogP contribution in [0.4, 0.5) is 4.79 Å². The van der Waals surface area contributed by atoms with Crippen LogP contribution in [0.15, 0.2) is 24.3 Å². The molecule has 118 valence electrons. The van der Waals surface area contributed by atoms with E-state index in [1.165, 1.54) is 6.92 Å². The molecular formula is C15H18N2O5. The maximum Gasteiger partial charge on any atom is 0.344 e. The highest BCUT2D eigenvalue weighted by molar-refractivity contribution is 5.98. The molecule has 0 aromatic heterocycles. The number of hydrogen-bond acceptors (Lipinski definition) is 5. The van der Waals surface area contributed by atoms with Gasteiger partial charge >= 0.3 is 12.0 Å². The summed E-state index contributed by atoms with van der Waals surface area (Å²) in [6.07, 6.45) is -1.03.